The minimum Gasteiger partial charge on any atom is -0.366 e. The number of rotatable bonds is 3. The Balaban J connectivity index is 1.89. The molecule has 1 N–H and O–H groups in total. The van der Waals surface area contributed by atoms with Crippen LogP contribution < -0.4 is 5.32 Å². The van der Waals surface area contributed by atoms with Crippen molar-refractivity contribution in [3.63, 3.8) is 0 Å². The Morgan fingerprint density at radius 1 is 1.40 bits per heavy atom. The maximum Gasteiger partial charge on any atom is 0.144 e. The van der Waals surface area contributed by atoms with E-state index in [9.17, 15) is 0 Å². The van der Waals surface area contributed by atoms with Gasteiger partial charge in [-0.15, -0.1) is 0 Å². The minimum atomic E-state index is 0.598. The minimum absolute atomic E-state index is 0.598. The van der Waals surface area contributed by atoms with Crippen LogP contribution in [0.2, 0.25) is 0 Å². The van der Waals surface area contributed by atoms with Gasteiger partial charge in [0, 0.05) is 18.4 Å². The molecular weight excluding hydrogens is 186 g/mol. The highest BCUT2D eigenvalue weighted by atomic mass is 15.0. The molecule has 2 atom stereocenters. The van der Waals surface area contributed by atoms with E-state index in [1.807, 2.05) is 0 Å². The molecule has 1 aliphatic rings. The molecule has 0 aliphatic heterocycles. The van der Waals surface area contributed by atoms with E-state index in [0.717, 1.165) is 11.7 Å². The third-order valence-corrected chi connectivity index (χ3v) is 3.28. The number of nitrogens with zero attached hydrogens (tertiary/aromatic N) is 2. The first-order valence-electron chi connectivity index (χ1n) is 5.91. The molecule has 0 saturated heterocycles. The predicted octanol–water partition coefficient (Wildman–Crippen LogP) is 2.86. The highest BCUT2D eigenvalue weighted by Gasteiger charge is 2.20. The molecule has 0 aromatic carbocycles. The summed E-state index contributed by atoms with van der Waals surface area (Å²) in [7, 11) is 0. The first kappa shape index (κ1) is 10.4. The second-order valence-corrected chi connectivity index (χ2v) is 4.37. The molecule has 0 amide bonds. The summed E-state index contributed by atoms with van der Waals surface area (Å²) in [5, 5.41) is 3.47. The molecule has 82 valence electrons. The summed E-state index contributed by atoms with van der Waals surface area (Å²) < 4.78 is 0. The van der Waals surface area contributed by atoms with E-state index in [1.165, 1.54) is 32.1 Å². The Morgan fingerprint density at radius 2 is 2.33 bits per heavy atom. The van der Waals surface area contributed by atoms with E-state index in [-0.39, 0.29) is 0 Å². The van der Waals surface area contributed by atoms with Crippen LogP contribution in [0.1, 0.15) is 39.0 Å². The van der Waals surface area contributed by atoms with E-state index in [1.54, 1.807) is 18.6 Å². The monoisotopic (exact) mass is 205 g/mol. The standard InChI is InChI=1S/C12H19N3/c1-2-10-4-3-5-11(8-10)15-12-9-13-6-7-14-12/h6-7,9-11H,2-5,8H2,1H3,(H,14,15). The highest BCUT2D eigenvalue weighted by molar-refractivity contribution is 5.31. The van der Waals surface area contributed by atoms with Crippen molar-refractivity contribution in [3.05, 3.63) is 18.6 Å². The van der Waals surface area contributed by atoms with Crippen LogP contribution in [0.5, 0.6) is 0 Å². The first-order chi connectivity index (χ1) is 7.38. The summed E-state index contributed by atoms with van der Waals surface area (Å²) in [6, 6.07) is 0.598. The van der Waals surface area contributed by atoms with Crippen LogP contribution in [0.25, 0.3) is 0 Å². The second kappa shape index (κ2) is 5.10. The van der Waals surface area contributed by atoms with Gasteiger partial charge in [-0.05, 0) is 18.8 Å². The fraction of sp³-hybridized carbons (Fsp3) is 0.667. The van der Waals surface area contributed by atoms with Crippen LogP contribution in [0.15, 0.2) is 18.6 Å². The first-order valence-corrected chi connectivity index (χ1v) is 5.91. The number of hydrogen-bond donors (Lipinski definition) is 1. The maximum atomic E-state index is 4.25. The van der Waals surface area contributed by atoms with E-state index >= 15 is 0 Å². The lowest BCUT2D eigenvalue weighted by Crippen LogP contribution is -2.27. The summed E-state index contributed by atoms with van der Waals surface area (Å²) in [6.45, 7) is 2.29. The lowest BCUT2D eigenvalue weighted by Gasteiger charge is -2.29. The second-order valence-electron chi connectivity index (χ2n) is 4.37. The van der Waals surface area contributed by atoms with Crippen LogP contribution in [-0.4, -0.2) is 16.0 Å². The molecule has 1 saturated carbocycles. The van der Waals surface area contributed by atoms with Gasteiger partial charge in [-0.1, -0.05) is 26.2 Å². The fourth-order valence-corrected chi connectivity index (χ4v) is 2.38. The molecule has 3 nitrogen and oxygen atoms in total. The number of aromatic nitrogens is 2. The molecule has 1 aromatic heterocycles. The molecule has 2 unspecified atom stereocenters. The van der Waals surface area contributed by atoms with Crippen molar-refractivity contribution in [2.75, 3.05) is 5.32 Å². The van der Waals surface area contributed by atoms with Crippen LogP contribution in [0, 0.1) is 5.92 Å². The van der Waals surface area contributed by atoms with Gasteiger partial charge in [0.25, 0.3) is 0 Å². The summed E-state index contributed by atoms with van der Waals surface area (Å²) in [5.74, 6) is 1.81. The molecule has 1 aromatic rings. The fourth-order valence-electron chi connectivity index (χ4n) is 2.38. The van der Waals surface area contributed by atoms with Gasteiger partial charge >= 0.3 is 0 Å². The number of hydrogen-bond acceptors (Lipinski definition) is 3. The van der Waals surface area contributed by atoms with Crippen molar-refractivity contribution in [1.82, 2.24) is 9.97 Å². The van der Waals surface area contributed by atoms with Crippen LogP contribution >= 0.6 is 0 Å². The molecule has 0 bridgehead atoms. The van der Waals surface area contributed by atoms with Gasteiger partial charge in [-0.2, -0.15) is 0 Å². The SMILES string of the molecule is CCC1CCCC(Nc2cnccn2)C1. The zero-order chi connectivity index (χ0) is 10.5. The van der Waals surface area contributed by atoms with Gasteiger partial charge in [0.1, 0.15) is 5.82 Å². The van der Waals surface area contributed by atoms with Crippen molar-refractivity contribution in [1.29, 1.82) is 0 Å². The Kier molecular flexibility index (Phi) is 3.54. The number of anilines is 1. The normalized spacial score (nSPS) is 26.2. The third-order valence-electron chi connectivity index (χ3n) is 3.28. The summed E-state index contributed by atoms with van der Waals surface area (Å²) in [6.07, 6.45) is 11.9. The van der Waals surface area contributed by atoms with Crippen LogP contribution in [0.3, 0.4) is 0 Å². The molecule has 1 aliphatic carbocycles. The van der Waals surface area contributed by atoms with Gasteiger partial charge in [0.2, 0.25) is 0 Å². The summed E-state index contributed by atoms with van der Waals surface area (Å²) >= 11 is 0. The predicted molar refractivity (Wildman–Crippen MR) is 61.7 cm³/mol. The molecule has 2 rings (SSSR count). The quantitative estimate of drug-likeness (QED) is 0.824. The third kappa shape index (κ3) is 2.91. The van der Waals surface area contributed by atoms with Crippen molar-refractivity contribution in [2.45, 2.75) is 45.1 Å². The van der Waals surface area contributed by atoms with E-state index in [2.05, 4.69) is 22.2 Å². The van der Waals surface area contributed by atoms with Crippen LogP contribution in [-0.2, 0) is 0 Å². The van der Waals surface area contributed by atoms with Crippen molar-refractivity contribution >= 4 is 5.82 Å². The Bertz CT molecular complexity index is 286. The lowest BCUT2D eigenvalue weighted by molar-refractivity contribution is 0.327. The van der Waals surface area contributed by atoms with E-state index in [4.69, 9.17) is 0 Å². The van der Waals surface area contributed by atoms with Gasteiger partial charge < -0.3 is 5.32 Å². The average molecular weight is 205 g/mol. The number of nitrogens with one attached hydrogen (secondary N) is 1. The topological polar surface area (TPSA) is 37.8 Å². The Morgan fingerprint density at radius 3 is 3.07 bits per heavy atom. The summed E-state index contributed by atoms with van der Waals surface area (Å²) in [4.78, 5) is 8.31. The lowest BCUT2D eigenvalue weighted by atomic mass is 9.84. The molecule has 0 radical (unpaired) electrons. The Labute approximate surface area is 91.3 Å². The average Bonchev–Trinajstić information content (AvgIpc) is 2.31. The van der Waals surface area contributed by atoms with Crippen molar-refractivity contribution in [3.8, 4) is 0 Å². The maximum absolute atomic E-state index is 4.25. The molecule has 0 spiro atoms. The van der Waals surface area contributed by atoms with Gasteiger partial charge in [0.15, 0.2) is 0 Å². The molecule has 1 heterocycles. The van der Waals surface area contributed by atoms with E-state index in [0.29, 0.717) is 6.04 Å². The Hall–Kier alpha value is -1.12. The molecule has 3 heteroatoms. The molecular formula is C12H19N3. The van der Waals surface area contributed by atoms with Crippen molar-refractivity contribution < 1.29 is 0 Å². The largest absolute Gasteiger partial charge is 0.366 e. The summed E-state index contributed by atoms with van der Waals surface area (Å²) in [5.41, 5.74) is 0. The zero-order valence-corrected chi connectivity index (χ0v) is 9.32. The zero-order valence-electron chi connectivity index (χ0n) is 9.32. The molecule has 1 fully saturated rings. The molecule has 15 heavy (non-hydrogen) atoms. The van der Waals surface area contributed by atoms with E-state index < -0.39 is 0 Å². The van der Waals surface area contributed by atoms with Crippen LogP contribution in [0.4, 0.5) is 5.82 Å². The van der Waals surface area contributed by atoms with Gasteiger partial charge in [-0.3, -0.25) is 4.98 Å². The van der Waals surface area contributed by atoms with Crippen molar-refractivity contribution in [2.24, 2.45) is 5.92 Å². The highest BCUT2D eigenvalue weighted by Crippen LogP contribution is 2.27. The van der Waals surface area contributed by atoms with Gasteiger partial charge in [0.05, 0.1) is 6.20 Å². The smallest absolute Gasteiger partial charge is 0.144 e. The van der Waals surface area contributed by atoms with Gasteiger partial charge in [-0.25, -0.2) is 4.98 Å².